The van der Waals surface area contributed by atoms with Gasteiger partial charge in [0.25, 0.3) is 0 Å². The van der Waals surface area contributed by atoms with E-state index < -0.39 is 10.8 Å². The number of para-hydroxylation sites is 2. The molecule has 0 N–H and O–H groups in total. The number of halogens is 2. The molecule has 6 nitrogen and oxygen atoms in total. The van der Waals surface area contributed by atoms with Gasteiger partial charge >= 0.3 is 0 Å². The predicted molar refractivity (Wildman–Crippen MR) is 488 cm³/mol. The summed E-state index contributed by atoms with van der Waals surface area (Å²) in [5.41, 5.74) is 30.8. The lowest BCUT2D eigenvalue weighted by Gasteiger charge is -2.35. The highest BCUT2D eigenvalue weighted by atomic mass is 19.1. The molecule has 0 amide bonds. The minimum absolute atomic E-state index is 0.307. The summed E-state index contributed by atoms with van der Waals surface area (Å²) >= 11 is 0. The van der Waals surface area contributed by atoms with Crippen LogP contribution in [0, 0.1) is 39.3 Å². The Morgan fingerprint density at radius 3 is 0.958 bits per heavy atom. The van der Waals surface area contributed by atoms with Crippen LogP contribution in [-0.4, -0.2) is 0 Å². The van der Waals surface area contributed by atoms with Gasteiger partial charge in [-0.3, -0.25) is 0 Å². The van der Waals surface area contributed by atoms with Gasteiger partial charge in [-0.2, -0.15) is 0 Å². The zero-order valence-electron chi connectivity index (χ0n) is 66.5. The van der Waals surface area contributed by atoms with Crippen molar-refractivity contribution in [2.45, 2.75) is 38.5 Å². The maximum Gasteiger partial charge on any atom is 0.137 e. The van der Waals surface area contributed by atoms with Gasteiger partial charge in [-0.1, -0.05) is 232 Å². The number of rotatable bonds is 18. The van der Waals surface area contributed by atoms with Gasteiger partial charge < -0.3 is 28.1 Å². The molecule has 0 saturated carbocycles. The third-order valence-corrected chi connectivity index (χ3v) is 24.7. The zero-order chi connectivity index (χ0) is 81.1. The molecule has 574 valence electrons. The fourth-order valence-electron chi connectivity index (χ4n) is 19.3. The Balaban J connectivity index is 0.670. The molecule has 2 aliphatic carbocycles. The Hall–Kier alpha value is -15.1. The first kappa shape index (κ1) is 72.6. The van der Waals surface area contributed by atoms with E-state index in [4.69, 9.17) is 18.3 Å². The highest BCUT2D eigenvalue weighted by Crippen LogP contribution is 2.61. The third-order valence-electron chi connectivity index (χ3n) is 24.7. The second-order valence-corrected chi connectivity index (χ2v) is 31.5. The van der Waals surface area contributed by atoms with Crippen molar-refractivity contribution in [3.63, 3.8) is 0 Å². The summed E-state index contributed by atoms with van der Waals surface area (Å²) in [6, 6.07) is 125. The van der Waals surface area contributed by atoms with Crippen molar-refractivity contribution in [3.8, 4) is 67.5 Å². The number of fused-ring (bicyclic) bond motifs is 12. The number of nitrogens with zero attached hydrogens (tertiary/aromatic N) is 2. The molecular formula is C112H78F2N2O4. The van der Waals surface area contributed by atoms with Crippen molar-refractivity contribution in [1.82, 2.24) is 0 Å². The van der Waals surface area contributed by atoms with Gasteiger partial charge in [-0.25, -0.2) is 8.78 Å². The average Bonchev–Trinajstić information content (AvgIpc) is 1.53. The van der Waals surface area contributed by atoms with E-state index in [-0.39, 0.29) is 11.6 Å². The number of anilines is 6. The molecule has 0 saturated heterocycles. The Bertz CT molecular complexity index is 6890. The number of furan rings is 2. The smallest absolute Gasteiger partial charge is 0.137 e. The predicted octanol–water partition coefficient (Wildman–Crippen LogP) is 30.9. The van der Waals surface area contributed by atoms with Gasteiger partial charge in [0, 0.05) is 33.5 Å². The first-order valence-electron chi connectivity index (χ1n) is 40.6. The summed E-state index contributed by atoms with van der Waals surface area (Å²) in [6.07, 6.45) is 3.64. The molecule has 0 bridgehead atoms. The second-order valence-electron chi connectivity index (χ2n) is 31.5. The van der Waals surface area contributed by atoms with E-state index in [1.807, 2.05) is 133 Å². The topological polar surface area (TPSA) is 51.2 Å². The number of aryl methyl sites for hydroxylation is 4. The SMILES string of the molecule is C=Cc1ccc(Oc2ccc(C3(c4ccc(F)cc4)c4ccccc4-c4ccc(N(c5ccc(-c6cc(C)c(-c7ccc(N(c8ccc9c(c8)C(c8ccc(F)cc8)(c8ccc(Oc%10ccc(C=C)cc%10)cc8)c8ccccc8-9)c8cccc9oc%10ccccc%10c89)cc7C)cc6C)c(C)c5)c5cccc6oc7ccccc7c56)cc43)cc2)cc1. The molecular weight excluding hydrogens is 1480 g/mol. The number of ether oxygens (including phenoxy) is 2. The molecule has 2 unspecified atom stereocenters. The van der Waals surface area contributed by atoms with Crippen LogP contribution in [0.25, 0.3) is 101 Å². The van der Waals surface area contributed by atoms with Crippen LogP contribution >= 0.6 is 0 Å². The van der Waals surface area contributed by atoms with Gasteiger partial charge in [0.05, 0.1) is 33.0 Å². The van der Waals surface area contributed by atoms with Gasteiger partial charge in [0.2, 0.25) is 0 Å². The van der Waals surface area contributed by atoms with Crippen LogP contribution in [0.15, 0.2) is 386 Å². The van der Waals surface area contributed by atoms with Crippen LogP contribution in [0.4, 0.5) is 42.9 Å². The van der Waals surface area contributed by atoms with E-state index >= 15 is 8.78 Å². The molecule has 0 spiro atoms. The molecule has 0 radical (unpaired) electrons. The highest BCUT2D eigenvalue weighted by molar-refractivity contribution is 6.15. The maximum atomic E-state index is 15.4. The minimum Gasteiger partial charge on any atom is -0.457 e. The van der Waals surface area contributed by atoms with E-state index in [1.54, 1.807) is 24.3 Å². The Kier molecular flexibility index (Phi) is 17.5. The van der Waals surface area contributed by atoms with E-state index in [9.17, 15) is 0 Å². The Morgan fingerprint density at radius 1 is 0.275 bits per heavy atom. The quantitative estimate of drug-likeness (QED) is 0.0853. The number of hydrogen-bond donors (Lipinski definition) is 0. The van der Waals surface area contributed by atoms with Crippen molar-refractivity contribution < 1.29 is 27.1 Å². The van der Waals surface area contributed by atoms with Crippen molar-refractivity contribution in [1.29, 1.82) is 0 Å². The van der Waals surface area contributed by atoms with Crippen molar-refractivity contribution >= 4 is 90.2 Å². The Morgan fingerprint density at radius 2 is 0.583 bits per heavy atom. The third kappa shape index (κ3) is 11.8. The highest BCUT2D eigenvalue weighted by Gasteiger charge is 2.49. The lowest BCUT2D eigenvalue weighted by atomic mass is 9.67. The Labute approximate surface area is 695 Å². The van der Waals surface area contributed by atoms with Crippen LogP contribution in [0.2, 0.25) is 0 Å². The molecule has 120 heavy (non-hydrogen) atoms. The number of hydrogen-bond acceptors (Lipinski definition) is 6. The maximum absolute atomic E-state index is 15.4. The summed E-state index contributed by atoms with van der Waals surface area (Å²) in [4.78, 5) is 4.77. The van der Waals surface area contributed by atoms with Crippen LogP contribution < -0.4 is 19.3 Å². The summed E-state index contributed by atoms with van der Waals surface area (Å²) in [5.74, 6) is 2.21. The monoisotopic (exact) mass is 1550 g/mol. The van der Waals surface area contributed by atoms with Gasteiger partial charge in [-0.15, -0.1) is 0 Å². The molecule has 2 aromatic heterocycles. The van der Waals surface area contributed by atoms with Crippen LogP contribution in [0.1, 0.15) is 77.9 Å². The van der Waals surface area contributed by atoms with Crippen LogP contribution in [0.5, 0.6) is 23.0 Å². The summed E-state index contributed by atoms with van der Waals surface area (Å²) in [7, 11) is 0. The fraction of sp³-hybridized carbons (Fsp3) is 0.0536. The fourth-order valence-corrected chi connectivity index (χ4v) is 19.3. The molecule has 21 rings (SSSR count). The van der Waals surface area contributed by atoms with Gasteiger partial charge in [0.15, 0.2) is 0 Å². The first-order valence-corrected chi connectivity index (χ1v) is 40.6. The van der Waals surface area contributed by atoms with Crippen molar-refractivity contribution in [2.24, 2.45) is 0 Å². The molecule has 17 aromatic carbocycles. The van der Waals surface area contributed by atoms with Crippen LogP contribution in [0.3, 0.4) is 0 Å². The van der Waals surface area contributed by atoms with E-state index in [2.05, 4.69) is 269 Å². The lowest BCUT2D eigenvalue weighted by Crippen LogP contribution is -2.29. The van der Waals surface area contributed by atoms with E-state index in [1.165, 1.54) is 0 Å². The summed E-state index contributed by atoms with van der Waals surface area (Å²) in [6.45, 7) is 16.8. The van der Waals surface area contributed by atoms with Crippen molar-refractivity contribution in [3.05, 3.63) is 467 Å². The minimum atomic E-state index is -0.889. The molecule has 2 heterocycles. The van der Waals surface area contributed by atoms with E-state index in [0.717, 1.165) is 212 Å². The summed E-state index contributed by atoms with van der Waals surface area (Å²) < 4.78 is 57.1. The molecule has 0 aliphatic heterocycles. The molecule has 8 heteroatoms. The number of benzene rings is 17. The average molecular weight is 1550 g/mol. The standard InChI is InChI=1S/C112H78F2N2O4/c1-7-73-31-51-85(52-32-73)117-87-55-39-77(40-56-87)111(75-35-43-79(113)44-36-75)99-23-13-9-19-91(99)93-61-49-83(67-101(93)111)115(103-25-17-29-107-109(103)95-21-11-15-27-105(95)119-107)81-47-59-89(69(3)63-81)97-65-72(6)98(66-71(97)5)90-60-48-82(64-70(90)4)116(104-26-18-30-108-110(104)96-22-12-16-28-106(96)120-108)84-50-62-94-92-20-10-14-24-100(92)112(102(94)68-84,76-37-45-80(114)46-38-76)78-41-57-88(58-42-78)118-86-53-33-74(8-2)34-54-86/h7-68H,1-2H2,3-6H3. The normalized spacial score (nSPS) is 14.4. The van der Waals surface area contributed by atoms with E-state index in [0.29, 0.717) is 11.5 Å². The first-order chi connectivity index (χ1) is 58.8. The van der Waals surface area contributed by atoms with Crippen molar-refractivity contribution in [2.75, 3.05) is 9.80 Å². The largest absolute Gasteiger partial charge is 0.457 e. The molecule has 0 fully saturated rings. The second kappa shape index (κ2) is 29.0. The van der Waals surface area contributed by atoms with Gasteiger partial charge in [-0.05, 0) is 308 Å². The summed E-state index contributed by atoms with van der Waals surface area (Å²) in [5, 5.41) is 4.02. The van der Waals surface area contributed by atoms with Crippen LogP contribution in [-0.2, 0) is 10.8 Å². The molecule has 2 aliphatic rings. The molecule has 19 aromatic rings. The zero-order valence-corrected chi connectivity index (χ0v) is 66.5. The lowest BCUT2D eigenvalue weighted by molar-refractivity contribution is 0.482. The van der Waals surface area contributed by atoms with Gasteiger partial charge in [0.1, 0.15) is 57.0 Å². The molecule has 2 atom stereocenters.